The number of nitrogens with one attached hydrogen (secondary N) is 1. The van der Waals surface area contributed by atoms with Gasteiger partial charge in [0.1, 0.15) is 6.54 Å². The number of amides is 1. The minimum atomic E-state index is -0.356. The number of esters is 1. The molecule has 2 aliphatic rings. The van der Waals surface area contributed by atoms with Crippen molar-refractivity contribution in [2.45, 2.75) is 6.92 Å². The minimum Gasteiger partial charge on any atom is -0.423 e. The van der Waals surface area contributed by atoms with Crippen molar-refractivity contribution in [1.82, 2.24) is 4.90 Å². The molecule has 2 heterocycles. The number of fused-ring (bicyclic) bond motifs is 1. The number of hydrogen-bond donors (Lipinski definition) is 1. The van der Waals surface area contributed by atoms with Crippen molar-refractivity contribution in [1.29, 1.82) is 0 Å². The standard InChI is InChI=1S/C22H26N4O3/c1-16-3-8-20-19(13-16)26(15-22(28)29-20)14-21(27)23-17-4-6-18(7-5-17)25-11-9-24(2)10-12-25/h3-8,13H,9-12,14-15H2,1-2H3,(H,23,27). The van der Waals surface area contributed by atoms with Gasteiger partial charge in [-0.05, 0) is 55.9 Å². The molecule has 1 saturated heterocycles. The van der Waals surface area contributed by atoms with Crippen LogP contribution in [0.25, 0.3) is 0 Å². The summed E-state index contributed by atoms with van der Waals surface area (Å²) in [6.07, 6.45) is 0. The van der Waals surface area contributed by atoms with Crippen LogP contribution in [0.5, 0.6) is 5.75 Å². The summed E-state index contributed by atoms with van der Waals surface area (Å²) in [6.45, 7) is 6.24. The van der Waals surface area contributed by atoms with Crippen LogP contribution in [0.2, 0.25) is 0 Å². The highest BCUT2D eigenvalue weighted by molar-refractivity contribution is 5.96. The molecule has 0 saturated carbocycles. The van der Waals surface area contributed by atoms with Gasteiger partial charge >= 0.3 is 5.97 Å². The Morgan fingerprint density at radius 2 is 1.79 bits per heavy atom. The van der Waals surface area contributed by atoms with Gasteiger partial charge in [0.25, 0.3) is 0 Å². The van der Waals surface area contributed by atoms with Crippen molar-refractivity contribution in [3.05, 3.63) is 48.0 Å². The van der Waals surface area contributed by atoms with Gasteiger partial charge in [0.2, 0.25) is 5.91 Å². The van der Waals surface area contributed by atoms with Gasteiger partial charge in [-0.2, -0.15) is 0 Å². The van der Waals surface area contributed by atoms with Crippen LogP contribution in [0.3, 0.4) is 0 Å². The Bertz CT molecular complexity index is 905. The van der Waals surface area contributed by atoms with Gasteiger partial charge in [-0.1, -0.05) is 6.07 Å². The molecule has 4 rings (SSSR count). The van der Waals surface area contributed by atoms with Crippen LogP contribution in [0.15, 0.2) is 42.5 Å². The van der Waals surface area contributed by atoms with Gasteiger partial charge in [0.05, 0.1) is 12.2 Å². The fourth-order valence-electron chi connectivity index (χ4n) is 3.69. The highest BCUT2D eigenvalue weighted by Crippen LogP contribution is 2.32. The summed E-state index contributed by atoms with van der Waals surface area (Å²) >= 11 is 0. The molecule has 0 bridgehead atoms. The molecule has 29 heavy (non-hydrogen) atoms. The van der Waals surface area contributed by atoms with Gasteiger partial charge in [-0.25, -0.2) is 4.79 Å². The third kappa shape index (κ3) is 4.51. The van der Waals surface area contributed by atoms with E-state index in [4.69, 9.17) is 4.74 Å². The number of piperazine rings is 1. The lowest BCUT2D eigenvalue weighted by Gasteiger charge is -2.34. The number of carbonyl (C=O) groups is 2. The average Bonchev–Trinajstić information content (AvgIpc) is 2.70. The van der Waals surface area contributed by atoms with Gasteiger partial charge in [0.15, 0.2) is 5.75 Å². The molecule has 0 atom stereocenters. The molecule has 152 valence electrons. The summed E-state index contributed by atoms with van der Waals surface area (Å²) in [6, 6.07) is 13.5. The zero-order valence-corrected chi connectivity index (χ0v) is 16.9. The second-order valence-corrected chi connectivity index (χ2v) is 7.69. The second-order valence-electron chi connectivity index (χ2n) is 7.69. The van der Waals surface area contributed by atoms with E-state index >= 15 is 0 Å². The molecule has 2 aromatic carbocycles. The summed E-state index contributed by atoms with van der Waals surface area (Å²) in [4.78, 5) is 30.9. The van der Waals surface area contributed by atoms with Crippen LogP contribution in [-0.2, 0) is 9.59 Å². The van der Waals surface area contributed by atoms with Crippen molar-refractivity contribution < 1.29 is 14.3 Å². The van der Waals surface area contributed by atoms with Crippen molar-refractivity contribution in [2.24, 2.45) is 0 Å². The summed E-state index contributed by atoms with van der Waals surface area (Å²) in [5, 5.41) is 2.93. The fourth-order valence-corrected chi connectivity index (χ4v) is 3.69. The van der Waals surface area contributed by atoms with Crippen molar-refractivity contribution in [2.75, 3.05) is 61.4 Å². The molecular formula is C22H26N4O3. The van der Waals surface area contributed by atoms with Crippen LogP contribution in [0, 0.1) is 6.92 Å². The number of ether oxygens (including phenoxy) is 1. The molecule has 0 radical (unpaired) electrons. The van der Waals surface area contributed by atoms with E-state index in [-0.39, 0.29) is 25.0 Å². The van der Waals surface area contributed by atoms with Gasteiger partial charge in [-0.15, -0.1) is 0 Å². The molecule has 0 unspecified atom stereocenters. The Balaban J connectivity index is 1.39. The number of anilines is 3. The number of rotatable bonds is 4. The second kappa shape index (κ2) is 8.13. The largest absolute Gasteiger partial charge is 0.423 e. The first kappa shape index (κ1) is 19.3. The minimum absolute atomic E-state index is 0.0617. The quantitative estimate of drug-likeness (QED) is 0.633. The Hall–Kier alpha value is -3.06. The summed E-state index contributed by atoms with van der Waals surface area (Å²) < 4.78 is 5.27. The Labute approximate surface area is 170 Å². The first-order valence-corrected chi connectivity index (χ1v) is 9.87. The topological polar surface area (TPSA) is 65.1 Å². The lowest BCUT2D eigenvalue weighted by Crippen LogP contribution is -2.44. The molecule has 0 aliphatic carbocycles. The third-order valence-electron chi connectivity index (χ3n) is 5.35. The number of nitrogens with zero attached hydrogens (tertiary/aromatic N) is 3. The highest BCUT2D eigenvalue weighted by Gasteiger charge is 2.25. The number of likely N-dealkylation sites (N-methyl/N-ethyl adjacent to an activating group) is 1. The lowest BCUT2D eigenvalue weighted by molar-refractivity contribution is -0.133. The van der Waals surface area contributed by atoms with E-state index in [0.717, 1.165) is 43.1 Å². The molecule has 0 aromatic heterocycles. The average molecular weight is 394 g/mol. The van der Waals surface area contributed by atoms with E-state index in [0.29, 0.717) is 5.75 Å². The molecule has 7 heteroatoms. The fraction of sp³-hybridized carbons (Fsp3) is 0.364. The zero-order chi connectivity index (χ0) is 20.4. The summed E-state index contributed by atoms with van der Waals surface area (Å²) in [5.74, 6) is -0.0265. The van der Waals surface area contributed by atoms with Crippen molar-refractivity contribution >= 4 is 28.9 Å². The third-order valence-corrected chi connectivity index (χ3v) is 5.35. The molecule has 2 aromatic rings. The SMILES string of the molecule is Cc1ccc2c(c1)N(CC(=O)Nc1ccc(N3CCN(C)CC3)cc1)CC(=O)O2. The molecule has 0 spiro atoms. The molecule has 7 nitrogen and oxygen atoms in total. The predicted octanol–water partition coefficient (Wildman–Crippen LogP) is 2.11. The molecule has 1 amide bonds. The number of aryl methyl sites for hydroxylation is 1. The van der Waals surface area contributed by atoms with E-state index in [2.05, 4.69) is 22.2 Å². The van der Waals surface area contributed by atoms with E-state index < -0.39 is 0 Å². The van der Waals surface area contributed by atoms with Crippen LogP contribution < -0.4 is 19.9 Å². The first-order chi connectivity index (χ1) is 14.0. The monoisotopic (exact) mass is 394 g/mol. The Kier molecular flexibility index (Phi) is 5.40. The zero-order valence-electron chi connectivity index (χ0n) is 16.9. The normalized spacial score (nSPS) is 17.0. The maximum absolute atomic E-state index is 12.6. The van der Waals surface area contributed by atoms with Crippen molar-refractivity contribution in [3.8, 4) is 5.75 Å². The smallest absolute Gasteiger partial charge is 0.331 e. The summed E-state index contributed by atoms with van der Waals surface area (Å²) in [5.41, 5.74) is 3.73. The predicted molar refractivity (Wildman–Crippen MR) is 114 cm³/mol. The number of benzene rings is 2. The van der Waals surface area contributed by atoms with E-state index in [1.807, 2.05) is 43.3 Å². The first-order valence-electron chi connectivity index (χ1n) is 9.87. The molecule has 1 N–H and O–H groups in total. The molecular weight excluding hydrogens is 368 g/mol. The van der Waals surface area contributed by atoms with Crippen LogP contribution in [0.4, 0.5) is 17.1 Å². The van der Waals surface area contributed by atoms with Crippen LogP contribution >= 0.6 is 0 Å². The Morgan fingerprint density at radius 3 is 2.52 bits per heavy atom. The highest BCUT2D eigenvalue weighted by atomic mass is 16.5. The van der Waals surface area contributed by atoms with Gasteiger partial charge in [0, 0.05) is 37.6 Å². The van der Waals surface area contributed by atoms with E-state index in [1.165, 1.54) is 5.69 Å². The maximum atomic E-state index is 12.6. The Morgan fingerprint density at radius 1 is 1.07 bits per heavy atom. The molecule has 1 fully saturated rings. The maximum Gasteiger partial charge on any atom is 0.331 e. The number of carbonyl (C=O) groups excluding carboxylic acids is 2. The van der Waals surface area contributed by atoms with Crippen LogP contribution in [0.1, 0.15) is 5.56 Å². The number of hydrogen-bond acceptors (Lipinski definition) is 6. The van der Waals surface area contributed by atoms with E-state index in [9.17, 15) is 9.59 Å². The summed E-state index contributed by atoms with van der Waals surface area (Å²) in [7, 11) is 2.14. The lowest BCUT2D eigenvalue weighted by atomic mass is 10.1. The van der Waals surface area contributed by atoms with Crippen molar-refractivity contribution in [3.63, 3.8) is 0 Å². The van der Waals surface area contributed by atoms with E-state index in [1.54, 1.807) is 11.0 Å². The van der Waals surface area contributed by atoms with Gasteiger partial charge < -0.3 is 24.8 Å². The van der Waals surface area contributed by atoms with Crippen LogP contribution in [-0.4, -0.2) is 63.1 Å². The van der Waals surface area contributed by atoms with Gasteiger partial charge in [-0.3, -0.25) is 4.79 Å². The molecule has 2 aliphatic heterocycles.